The van der Waals surface area contributed by atoms with Crippen molar-refractivity contribution in [2.75, 3.05) is 6.26 Å². The molecular formula is C12H10N2S2. The van der Waals surface area contributed by atoms with Crippen molar-refractivity contribution in [2.24, 2.45) is 0 Å². The fraction of sp³-hybridized carbons (Fsp3) is 0.0833. The summed E-state index contributed by atoms with van der Waals surface area (Å²) in [6, 6.07) is 10.3. The summed E-state index contributed by atoms with van der Waals surface area (Å²) in [6.45, 7) is 0. The van der Waals surface area contributed by atoms with Crippen LogP contribution in [0.5, 0.6) is 0 Å². The van der Waals surface area contributed by atoms with Crippen LogP contribution in [-0.4, -0.2) is 15.6 Å². The molecule has 2 aromatic heterocycles. The van der Waals surface area contributed by atoms with E-state index in [9.17, 15) is 0 Å². The van der Waals surface area contributed by atoms with E-state index in [1.165, 1.54) is 10.6 Å². The molecule has 0 aliphatic carbocycles. The van der Waals surface area contributed by atoms with Gasteiger partial charge in [-0.3, -0.25) is 4.40 Å². The van der Waals surface area contributed by atoms with Crippen molar-refractivity contribution in [3.8, 4) is 11.3 Å². The van der Waals surface area contributed by atoms with Crippen molar-refractivity contribution < 1.29 is 0 Å². The van der Waals surface area contributed by atoms with Crippen LogP contribution in [0, 0.1) is 0 Å². The number of benzene rings is 1. The van der Waals surface area contributed by atoms with E-state index in [1.54, 1.807) is 23.1 Å². The van der Waals surface area contributed by atoms with E-state index in [2.05, 4.69) is 39.4 Å². The number of hydrogen-bond acceptors (Lipinski definition) is 3. The summed E-state index contributed by atoms with van der Waals surface area (Å²) in [5, 5.41) is 3.28. The zero-order valence-electron chi connectivity index (χ0n) is 8.75. The van der Waals surface area contributed by atoms with E-state index < -0.39 is 0 Å². The zero-order chi connectivity index (χ0) is 11.0. The first-order valence-corrected chi connectivity index (χ1v) is 7.05. The molecule has 0 amide bonds. The number of rotatable bonds is 2. The topological polar surface area (TPSA) is 17.3 Å². The molecule has 4 heteroatoms. The Hall–Kier alpha value is -1.26. The van der Waals surface area contributed by atoms with Gasteiger partial charge in [0.05, 0.1) is 0 Å². The first kappa shape index (κ1) is 9.93. The number of nitrogens with zero attached hydrogens (tertiary/aromatic N) is 2. The number of thiazole rings is 1. The highest BCUT2D eigenvalue weighted by molar-refractivity contribution is 7.98. The molecule has 0 fully saturated rings. The highest BCUT2D eigenvalue weighted by atomic mass is 32.2. The normalized spacial score (nSPS) is 11.1. The third-order valence-electron chi connectivity index (χ3n) is 2.46. The molecule has 3 rings (SSSR count). The van der Waals surface area contributed by atoms with E-state index in [1.807, 2.05) is 18.2 Å². The van der Waals surface area contributed by atoms with Gasteiger partial charge in [0, 0.05) is 17.1 Å². The van der Waals surface area contributed by atoms with Crippen LogP contribution in [-0.2, 0) is 0 Å². The van der Waals surface area contributed by atoms with Gasteiger partial charge in [0.2, 0.25) is 0 Å². The van der Waals surface area contributed by atoms with Gasteiger partial charge in [-0.2, -0.15) is 0 Å². The molecule has 0 radical (unpaired) electrons. The van der Waals surface area contributed by atoms with Crippen LogP contribution in [0.1, 0.15) is 0 Å². The van der Waals surface area contributed by atoms with Crippen molar-refractivity contribution in [1.29, 1.82) is 0 Å². The third-order valence-corrected chi connectivity index (χ3v) is 3.99. The Balaban J connectivity index is 2.27. The lowest BCUT2D eigenvalue weighted by molar-refractivity contribution is 1.08. The molecule has 0 N–H and O–H groups in total. The van der Waals surface area contributed by atoms with E-state index in [-0.39, 0.29) is 0 Å². The van der Waals surface area contributed by atoms with Gasteiger partial charge >= 0.3 is 0 Å². The second-order valence-corrected chi connectivity index (χ2v) is 5.06. The van der Waals surface area contributed by atoms with Crippen LogP contribution in [0.3, 0.4) is 0 Å². The van der Waals surface area contributed by atoms with Gasteiger partial charge in [-0.05, 0) is 6.26 Å². The summed E-state index contributed by atoms with van der Waals surface area (Å²) in [5.74, 6) is 0. The number of imidazole rings is 1. The second-order valence-electron chi connectivity index (χ2n) is 3.39. The summed E-state index contributed by atoms with van der Waals surface area (Å²) in [4.78, 5) is 5.73. The first-order valence-electron chi connectivity index (χ1n) is 4.95. The van der Waals surface area contributed by atoms with Crippen molar-refractivity contribution in [3.63, 3.8) is 0 Å². The molecule has 16 heavy (non-hydrogen) atoms. The summed E-state index contributed by atoms with van der Waals surface area (Å²) in [7, 11) is 0. The fourth-order valence-corrected chi connectivity index (χ4v) is 3.22. The SMILES string of the molecule is CSc1c(-c2ccccc2)nc2sccn12. The maximum Gasteiger partial charge on any atom is 0.195 e. The molecule has 80 valence electrons. The van der Waals surface area contributed by atoms with Gasteiger partial charge in [0.15, 0.2) is 4.96 Å². The predicted octanol–water partition coefficient (Wildman–Crippen LogP) is 3.78. The van der Waals surface area contributed by atoms with E-state index in [0.29, 0.717) is 0 Å². The lowest BCUT2D eigenvalue weighted by Crippen LogP contribution is -1.82. The van der Waals surface area contributed by atoms with Crippen LogP contribution in [0.25, 0.3) is 16.2 Å². The molecule has 1 aromatic carbocycles. The van der Waals surface area contributed by atoms with E-state index in [0.717, 1.165) is 10.7 Å². The highest BCUT2D eigenvalue weighted by Crippen LogP contribution is 2.32. The summed E-state index contributed by atoms with van der Waals surface area (Å²) in [6.07, 6.45) is 4.17. The summed E-state index contributed by atoms with van der Waals surface area (Å²) in [5.41, 5.74) is 2.27. The van der Waals surface area contributed by atoms with Gasteiger partial charge in [0.1, 0.15) is 10.7 Å². The molecule has 3 aromatic rings. The second kappa shape index (κ2) is 3.96. The number of hydrogen-bond donors (Lipinski definition) is 0. The van der Waals surface area contributed by atoms with Crippen molar-refractivity contribution in [2.45, 2.75) is 5.03 Å². The summed E-state index contributed by atoms with van der Waals surface area (Å²) < 4.78 is 2.15. The quantitative estimate of drug-likeness (QED) is 0.640. The van der Waals surface area contributed by atoms with E-state index in [4.69, 9.17) is 0 Å². The average Bonchev–Trinajstić information content (AvgIpc) is 2.89. The average molecular weight is 246 g/mol. The van der Waals surface area contributed by atoms with Crippen LogP contribution in [0.4, 0.5) is 0 Å². The van der Waals surface area contributed by atoms with Gasteiger partial charge in [-0.25, -0.2) is 4.98 Å². The standard InChI is InChI=1S/C12H10N2S2/c1-15-11-10(9-5-3-2-4-6-9)13-12-14(11)7-8-16-12/h2-8H,1H3. The first-order chi connectivity index (χ1) is 7.90. The maximum absolute atomic E-state index is 4.67. The lowest BCUT2D eigenvalue weighted by atomic mass is 10.2. The molecular weight excluding hydrogens is 236 g/mol. The van der Waals surface area contributed by atoms with Gasteiger partial charge < -0.3 is 0 Å². The molecule has 0 unspecified atom stereocenters. The minimum atomic E-state index is 1.06. The molecule has 2 nitrogen and oxygen atoms in total. The molecule has 0 spiro atoms. The van der Waals surface area contributed by atoms with Crippen LogP contribution in [0.15, 0.2) is 46.9 Å². The van der Waals surface area contributed by atoms with Crippen molar-refractivity contribution in [1.82, 2.24) is 9.38 Å². The van der Waals surface area contributed by atoms with Gasteiger partial charge in [-0.1, -0.05) is 30.3 Å². The van der Waals surface area contributed by atoms with Gasteiger partial charge in [0.25, 0.3) is 0 Å². The Labute approximate surface area is 102 Å². The molecule has 0 saturated heterocycles. The zero-order valence-corrected chi connectivity index (χ0v) is 10.4. The highest BCUT2D eigenvalue weighted by Gasteiger charge is 2.13. The molecule has 0 aliphatic heterocycles. The van der Waals surface area contributed by atoms with Crippen molar-refractivity contribution >= 4 is 28.1 Å². The van der Waals surface area contributed by atoms with Crippen molar-refractivity contribution in [3.05, 3.63) is 41.9 Å². The predicted molar refractivity (Wildman–Crippen MR) is 70.3 cm³/mol. The third kappa shape index (κ3) is 1.45. The Bertz CT molecular complexity index is 610. The smallest absolute Gasteiger partial charge is 0.195 e. The molecule has 2 heterocycles. The minimum absolute atomic E-state index is 1.06. The largest absolute Gasteiger partial charge is 0.285 e. The van der Waals surface area contributed by atoms with Gasteiger partial charge in [-0.15, -0.1) is 23.1 Å². The van der Waals surface area contributed by atoms with E-state index >= 15 is 0 Å². The molecule has 0 aliphatic rings. The summed E-state index contributed by atoms with van der Waals surface area (Å²) >= 11 is 3.41. The van der Waals surface area contributed by atoms with Crippen LogP contribution >= 0.6 is 23.1 Å². The maximum atomic E-state index is 4.67. The monoisotopic (exact) mass is 246 g/mol. The Morgan fingerprint density at radius 2 is 2.06 bits per heavy atom. The Morgan fingerprint density at radius 3 is 2.81 bits per heavy atom. The van der Waals surface area contributed by atoms with Crippen LogP contribution < -0.4 is 0 Å². The Kier molecular flexibility index (Phi) is 2.46. The number of thioether (sulfide) groups is 1. The molecule has 0 bridgehead atoms. The lowest BCUT2D eigenvalue weighted by Gasteiger charge is -1.99. The minimum Gasteiger partial charge on any atom is -0.285 e. The molecule has 0 atom stereocenters. The fourth-order valence-electron chi connectivity index (χ4n) is 1.74. The Morgan fingerprint density at radius 1 is 1.25 bits per heavy atom. The number of aromatic nitrogens is 2. The number of fused-ring (bicyclic) bond motifs is 1. The van der Waals surface area contributed by atoms with Crippen LogP contribution in [0.2, 0.25) is 0 Å². The molecule has 0 saturated carbocycles.